The van der Waals surface area contributed by atoms with Crippen molar-refractivity contribution in [1.82, 2.24) is 10.0 Å². The molecule has 0 fully saturated rings. The van der Waals surface area contributed by atoms with Gasteiger partial charge >= 0.3 is 0 Å². The molecule has 0 aromatic heterocycles. The summed E-state index contributed by atoms with van der Waals surface area (Å²) in [5.74, 6) is -1.07. The van der Waals surface area contributed by atoms with Crippen molar-refractivity contribution in [3.8, 4) is 0 Å². The molecule has 17 heavy (non-hydrogen) atoms. The number of fused-ring (bicyclic) bond motifs is 1. The molecule has 0 unspecified atom stereocenters. The number of rotatable bonds is 1. The molecule has 1 amide bonds. The second kappa shape index (κ2) is 3.77. The van der Waals surface area contributed by atoms with Gasteiger partial charge in [-0.1, -0.05) is 12.1 Å². The summed E-state index contributed by atoms with van der Waals surface area (Å²) in [5, 5.41) is 12.1. The van der Waals surface area contributed by atoms with E-state index in [-0.39, 0.29) is 21.9 Å². The molecule has 6 nitrogen and oxygen atoms in total. The fourth-order valence-corrected chi connectivity index (χ4v) is 2.83. The first-order chi connectivity index (χ1) is 7.97. The van der Waals surface area contributed by atoms with Crippen molar-refractivity contribution in [3.05, 3.63) is 35.5 Å². The van der Waals surface area contributed by atoms with Gasteiger partial charge in [-0.25, -0.2) is 8.42 Å². The third-order valence-electron chi connectivity index (χ3n) is 2.36. The summed E-state index contributed by atoms with van der Waals surface area (Å²) in [7, 11) is -2.46. The molecule has 0 saturated heterocycles. The van der Waals surface area contributed by atoms with Crippen LogP contribution in [0.2, 0.25) is 0 Å². The quantitative estimate of drug-likeness (QED) is 0.654. The number of aliphatic hydroxyl groups excluding tert-OH is 1. The van der Waals surface area contributed by atoms with Crippen LogP contribution in [0.25, 0.3) is 5.76 Å². The predicted molar refractivity (Wildman–Crippen MR) is 60.4 cm³/mol. The molecule has 1 heterocycles. The van der Waals surface area contributed by atoms with Crippen LogP contribution in [0, 0.1) is 0 Å². The van der Waals surface area contributed by atoms with Crippen molar-refractivity contribution in [2.24, 2.45) is 0 Å². The number of hydrogen-bond donors (Lipinski definition) is 3. The van der Waals surface area contributed by atoms with E-state index in [2.05, 4.69) is 5.32 Å². The van der Waals surface area contributed by atoms with E-state index in [4.69, 9.17) is 0 Å². The van der Waals surface area contributed by atoms with Gasteiger partial charge in [-0.05, 0) is 12.1 Å². The highest BCUT2D eigenvalue weighted by Gasteiger charge is 2.31. The van der Waals surface area contributed by atoms with Gasteiger partial charge in [0.25, 0.3) is 15.9 Å². The molecule has 1 aromatic rings. The van der Waals surface area contributed by atoms with Gasteiger partial charge in [-0.15, -0.1) is 0 Å². The molecule has 0 aliphatic carbocycles. The average molecular weight is 254 g/mol. The van der Waals surface area contributed by atoms with Crippen LogP contribution in [0.3, 0.4) is 0 Å². The largest absolute Gasteiger partial charge is 0.505 e. The highest BCUT2D eigenvalue weighted by molar-refractivity contribution is 7.89. The molecule has 3 N–H and O–H groups in total. The molecule has 0 atom stereocenters. The smallest absolute Gasteiger partial charge is 0.271 e. The Kier molecular flexibility index (Phi) is 2.55. The number of amides is 1. The molecule has 1 aliphatic heterocycles. The van der Waals surface area contributed by atoms with Crippen LogP contribution in [0.4, 0.5) is 0 Å². The molecule has 2 rings (SSSR count). The number of nitrogens with one attached hydrogen (secondary N) is 2. The highest BCUT2D eigenvalue weighted by Crippen LogP contribution is 2.28. The molecule has 1 aliphatic rings. The molecule has 0 bridgehead atoms. The SMILES string of the molecule is CNC(=O)C1=C(O)c2ccccc2S(=O)(=O)N1. The minimum Gasteiger partial charge on any atom is -0.505 e. The molecule has 90 valence electrons. The van der Waals surface area contributed by atoms with Gasteiger partial charge in [0.15, 0.2) is 11.5 Å². The minimum absolute atomic E-state index is 0.0508. The zero-order chi connectivity index (χ0) is 12.6. The van der Waals surface area contributed by atoms with E-state index >= 15 is 0 Å². The number of likely N-dealkylation sites (N-methyl/N-ethyl adjacent to an activating group) is 1. The molecular formula is C10H10N2O4S. The lowest BCUT2D eigenvalue weighted by Crippen LogP contribution is -2.37. The van der Waals surface area contributed by atoms with E-state index < -0.39 is 15.9 Å². The van der Waals surface area contributed by atoms with Crippen LogP contribution < -0.4 is 10.0 Å². The molecular weight excluding hydrogens is 244 g/mol. The summed E-state index contributed by atoms with van der Waals surface area (Å²) in [4.78, 5) is 11.4. The summed E-state index contributed by atoms with van der Waals surface area (Å²) in [5.41, 5.74) is -0.254. The van der Waals surface area contributed by atoms with Crippen LogP contribution in [0.15, 0.2) is 34.9 Å². The number of hydrogen-bond acceptors (Lipinski definition) is 4. The number of carbonyl (C=O) groups is 1. The maximum absolute atomic E-state index is 11.8. The third-order valence-corrected chi connectivity index (χ3v) is 3.77. The highest BCUT2D eigenvalue weighted by atomic mass is 32.2. The molecule has 0 spiro atoms. The van der Waals surface area contributed by atoms with Gasteiger partial charge in [0.2, 0.25) is 0 Å². The summed E-state index contributed by atoms with van der Waals surface area (Å²) in [6.45, 7) is 0. The molecule has 0 radical (unpaired) electrons. The Balaban J connectivity index is 2.72. The van der Waals surface area contributed by atoms with E-state index in [0.29, 0.717) is 0 Å². The first-order valence-electron chi connectivity index (χ1n) is 4.75. The fraction of sp³-hybridized carbons (Fsp3) is 0.100. The van der Waals surface area contributed by atoms with Gasteiger partial charge in [-0.3, -0.25) is 9.52 Å². The number of sulfonamides is 1. The maximum Gasteiger partial charge on any atom is 0.271 e. The van der Waals surface area contributed by atoms with Crippen LogP contribution in [-0.2, 0) is 14.8 Å². The van der Waals surface area contributed by atoms with E-state index in [0.717, 1.165) is 0 Å². The Bertz CT molecular complexity index is 619. The van der Waals surface area contributed by atoms with Crippen molar-refractivity contribution in [3.63, 3.8) is 0 Å². The zero-order valence-electron chi connectivity index (χ0n) is 8.89. The number of benzene rings is 1. The lowest BCUT2D eigenvalue weighted by Gasteiger charge is -2.20. The standard InChI is InChI=1S/C10H10N2O4S/c1-11-10(14)8-9(13)6-4-2-3-5-7(6)17(15,16)12-8/h2-5,12-13H,1H3,(H,11,14). The second-order valence-corrected chi connectivity index (χ2v) is 5.06. The van der Waals surface area contributed by atoms with Crippen molar-refractivity contribution in [1.29, 1.82) is 0 Å². The van der Waals surface area contributed by atoms with Gasteiger partial charge in [-0.2, -0.15) is 0 Å². The van der Waals surface area contributed by atoms with Crippen molar-refractivity contribution >= 4 is 21.7 Å². The van der Waals surface area contributed by atoms with Crippen molar-refractivity contribution in [2.45, 2.75) is 4.90 Å². The minimum atomic E-state index is -3.81. The topological polar surface area (TPSA) is 95.5 Å². The Hall–Kier alpha value is -2.02. The van der Waals surface area contributed by atoms with E-state index in [1.54, 1.807) is 6.07 Å². The monoisotopic (exact) mass is 254 g/mol. The third kappa shape index (κ3) is 1.74. The van der Waals surface area contributed by atoms with Gasteiger partial charge in [0.05, 0.1) is 4.90 Å². The molecule has 7 heteroatoms. The molecule has 0 saturated carbocycles. The Labute approximate surface area is 98.0 Å². The second-order valence-electron chi connectivity index (χ2n) is 3.40. The van der Waals surface area contributed by atoms with Gasteiger partial charge < -0.3 is 10.4 Å². The Morgan fingerprint density at radius 2 is 2.00 bits per heavy atom. The van der Waals surface area contributed by atoms with E-state index in [1.807, 2.05) is 4.72 Å². The van der Waals surface area contributed by atoms with Crippen molar-refractivity contribution < 1.29 is 18.3 Å². The fourth-order valence-electron chi connectivity index (χ4n) is 1.55. The number of carbonyl (C=O) groups excluding carboxylic acids is 1. The van der Waals surface area contributed by atoms with Crippen LogP contribution in [0.5, 0.6) is 0 Å². The normalized spacial score (nSPS) is 17.0. The lowest BCUT2D eigenvalue weighted by molar-refractivity contribution is -0.117. The van der Waals surface area contributed by atoms with Crippen LogP contribution in [-0.4, -0.2) is 26.5 Å². The average Bonchev–Trinajstić information content (AvgIpc) is 2.33. The van der Waals surface area contributed by atoms with Crippen molar-refractivity contribution in [2.75, 3.05) is 7.05 Å². The first-order valence-corrected chi connectivity index (χ1v) is 6.23. The summed E-state index contributed by atoms with van der Waals surface area (Å²) >= 11 is 0. The summed E-state index contributed by atoms with van der Waals surface area (Å²) in [6.07, 6.45) is 0. The summed E-state index contributed by atoms with van der Waals surface area (Å²) in [6, 6.07) is 5.91. The van der Waals surface area contributed by atoms with E-state index in [9.17, 15) is 18.3 Å². The van der Waals surface area contributed by atoms with Gasteiger partial charge in [0, 0.05) is 12.6 Å². The Morgan fingerprint density at radius 1 is 1.35 bits per heavy atom. The Morgan fingerprint density at radius 3 is 2.65 bits per heavy atom. The van der Waals surface area contributed by atoms with E-state index in [1.165, 1.54) is 25.2 Å². The summed E-state index contributed by atoms with van der Waals surface area (Å²) < 4.78 is 25.7. The number of aliphatic hydroxyl groups is 1. The van der Waals surface area contributed by atoms with Crippen LogP contribution in [0.1, 0.15) is 5.56 Å². The van der Waals surface area contributed by atoms with Gasteiger partial charge in [0.1, 0.15) is 0 Å². The zero-order valence-corrected chi connectivity index (χ0v) is 9.71. The molecule has 1 aromatic carbocycles. The lowest BCUT2D eigenvalue weighted by atomic mass is 10.1. The maximum atomic E-state index is 11.8. The first kappa shape index (κ1) is 11.5. The predicted octanol–water partition coefficient (Wildman–Crippen LogP) is -0.0489. The van der Waals surface area contributed by atoms with Crippen LogP contribution >= 0.6 is 0 Å².